The zero-order chi connectivity index (χ0) is 14.8. The summed E-state index contributed by atoms with van der Waals surface area (Å²) in [5.74, 6) is 0.514. The monoisotopic (exact) mass is 293 g/mol. The number of aromatic nitrogens is 1. The minimum Gasteiger partial charge on any atom is -0.389 e. The fraction of sp³-hybridized carbons (Fsp3) is 0.667. The van der Waals surface area contributed by atoms with Crippen LogP contribution in [0.3, 0.4) is 0 Å². The number of likely N-dealkylation sites (tertiary alicyclic amines) is 1. The van der Waals surface area contributed by atoms with E-state index in [0.29, 0.717) is 19.0 Å². The smallest absolute Gasteiger partial charge is 0.108 e. The lowest BCUT2D eigenvalue weighted by atomic mass is 10.00. The fourth-order valence-electron chi connectivity index (χ4n) is 3.35. The summed E-state index contributed by atoms with van der Waals surface area (Å²) in [6, 6.07) is 4.02. The molecule has 3 N–H and O–H groups in total. The number of hydrogen-bond donors (Lipinski definition) is 3. The normalized spacial score (nSPS) is 34.3. The molecular formula is C15H23N3O3. The second-order valence-corrected chi connectivity index (χ2v) is 6.16. The molecule has 0 amide bonds. The number of piperidine rings is 1. The van der Waals surface area contributed by atoms with Gasteiger partial charge in [-0.1, -0.05) is 0 Å². The minimum absolute atomic E-state index is 0.432. The van der Waals surface area contributed by atoms with Crippen LogP contribution in [0.2, 0.25) is 0 Å². The molecule has 0 aromatic carbocycles. The Morgan fingerprint density at radius 2 is 1.90 bits per heavy atom. The fourth-order valence-corrected chi connectivity index (χ4v) is 3.35. The molecule has 3 rings (SSSR count). The molecule has 2 fully saturated rings. The van der Waals surface area contributed by atoms with Crippen LogP contribution in [0.25, 0.3) is 0 Å². The van der Waals surface area contributed by atoms with Crippen molar-refractivity contribution in [2.45, 2.75) is 24.7 Å². The molecule has 6 heteroatoms. The molecule has 1 aromatic heterocycles. The van der Waals surface area contributed by atoms with E-state index in [2.05, 4.69) is 20.9 Å². The van der Waals surface area contributed by atoms with Gasteiger partial charge in [0.15, 0.2) is 0 Å². The van der Waals surface area contributed by atoms with E-state index in [4.69, 9.17) is 0 Å². The third-order valence-corrected chi connectivity index (χ3v) is 4.49. The largest absolute Gasteiger partial charge is 0.389 e. The van der Waals surface area contributed by atoms with Crippen LogP contribution in [-0.4, -0.2) is 76.2 Å². The van der Waals surface area contributed by atoms with Crippen LogP contribution in [0.4, 0.5) is 5.69 Å². The summed E-state index contributed by atoms with van der Waals surface area (Å²) in [6.07, 6.45) is 2.03. The van der Waals surface area contributed by atoms with Crippen LogP contribution in [0.5, 0.6) is 0 Å². The molecule has 0 unspecified atom stereocenters. The molecule has 2 aliphatic heterocycles. The van der Waals surface area contributed by atoms with Crippen LogP contribution < -0.4 is 4.90 Å². The van der Waals surface area contributed by atoms with Crippen LogP contribution in [0, 0.1) is 5.92 Å². The number of β-amino-alcohol motifs (C(OH)–C–C–N with tert-alkyl or cyclic N) is 2. The van der Waals surface area contributed by atoms with Crippen molar-refractivity contribution in [1.82, 2.24) is 9.88 Å². The predicted molar refractivity (Wildman–Crippen MR) is 79.0 cm³/mol. The molecule has 6 nitrogen and oxygen atoms in total. The molecule has 0 spiro atoms. The number of nitrogens with zero attached hydrogens (tertiary/aromatic N) is 3. The Kier molecular flexibility index (Phi) is 4.40. The van der Waals surface area contributed by atoms with Gasteiger partial charge in [0.2, 0.25) is 0 Å². The van der Waals surface area contributed by atoms with E-state index in [0.717, 1.165) is 31.7 Å². The third-order valence-electron chi connectivity index (χ3n) is 4.49. The number of anilines is 1. The average Bonchev–Trinajstić information content (AvgIpc) is 2.94. The number of rotatable bonds is 3. The topological polar surface area (TPSA) is 80.1 Å². The lowest BCUT2D eigenvalue weighted by molar-refractivity contribution is -0.111. The van der Waals surface area contributed by atoms with Gasteiger partial charge in [0, 0.05) is 38.9 Å². The summed E-state index contributed by atoms with van der Waals surface area (Å²) < 4.78 is 0. The van der Waals surface area contributed by atoms with Crippen LogP contribution in [0.15, 0.2) is 24.5 Å². The number of aliphatic hydroxyl groups excluding tert-OH is 3. The van der Waals surface area contributed by atoms with Crippen molar-refractivity contribution in [2.24, 2.45) is 5.92 Å². The SMILES string of the molecule is O[C@H]1[C@H](O)CN(C[C@H]2CCN(c3cccnc3)C2)C[C@@H]1O. The molecule has 0 saturated carbocycles. The van der Waals surface area contributed by atoms with Gasteiger partial charge in [0.25, 0.3) is 0 Å². The Balaban J connectivity index is 1.53. The van der Waals surface area contributed by atoms with Crippen molar-refractivity contribution < 1.29 is 15.3 Å². The Hall–Kier alpha value is -1.21. The van der Waals surface area contributed by atoms with Crippen molar-refractivity contribution in [3.05, 3.63) is 24.5 Å². The number of aliphatic hydroxyl groups is 3. The molecular weight excluding hydrogens is 270 g/mol. The van der Waals surface area contributed by atoms with E-state index in [1.54, 1.807) is 6.20 Å². The Morgan fingerprint density at radius 3 is 2.57 bits per heavy atom. The molecule has 2 saturated heterocycles. The molecule has 1 aromatic rings. The highest BCUT2D eigenvalue weighted by atomic mass is 16.4. The van der Waals surface area contributed by atoms with Crippen LogP contribution in [-0.2, 0) is 0 Å². The summed E-state index contributed by atoms with van der Waals surface area (Å²) in [5.41, 5.74) is 1.15. The molecule has 0 aliphatic carbocycles. The summed E-state index contributed by atoms with van der Waals surface area (Å²) in [5, 5.41) is 29.1. The highest BCUT2D eigenvalue weighted by molar-refractivity contribution is 5.44. The van der Waals surface area contributed by atoms with Gasteiger partial charge < -0.3 is 20.2 Å². The second-order valence-electron chi connectivity index (χ2n) is 6.16. The van der Waals surface area contributed by atoms with Crippen LogP contribution >= 0.6 is 0 Å². The summed E-state index contributed by atoms with van der Waals surface area (Å²) in [6.45, 7) is 3.69. The van der Waals surface area contributed by atoms with Crippen molar-refractivity contribution in [3.63, 3.8) is 0 Å². The number of hydrogen-bond acceptors (Lipinski definition) is 6. The Morgan fingerprint density at radius 1 is 1.14 bits per heavy atom. The van der Waals surface area contributed by atoms with Crippen molar-refractivity contribution in [2.75, 3.05) is 37.6 Å². The van der Waals surface area contributed by atoms with Gasteiger partial charge in [-0.25, -0.2) is 0 Å². The van der Waals surface area contributed by atoms with Gasteiger partial charge in [-0.15, -0.1) is 0 Å². The summed E-state index contributed by atoms with van der Waals surface area (Å²) in [4.78, 5) is 8.53. The van der Waals surface area contributed by atoms with Gasteiger partial charge >= 0.3 is 0 Å². The molecule has 0 bridgehead atoms. The van der Waals surface area contributed by atoms with Gasteiger partial charge in [-0.2, -0.15) is 0 Å². The van der Waals surface area contributed by atoms with Gasteiger partial charge in [-0.05, 0) is 24.5 Å². The first-order valence-corrected chi connectivity index (χ1v) is 7.55. The standard InChI is InChI=1S/C15H23N3O3/c19-13-9-17(10-14(20)15(13)21)7-11-3-5-18(8-11)12-2-1-4-16-6-12/h1-2,4,6,11,13-15,19-21H,3,5,7-10H2/t11-,13-,14+,15+/m1/s1. The molecule has 21 heavy (non-hydrogen) atoms. The lowest BCUT2D eigenvalue weighted by Gasteiger charge is -2.38. The minimum atomic E-state index is -1.02. The highest BCUT2D eigenvalue weighted by Crippen LogP contribution is 2.24. The Labute approximate surface area is 124 Å². The second kappa shape index (κ2) is 6.27. The Bertz CT molecular complexity index is 447. The first kappa shape index (κ1) is 14.7. The molecule has 116 valence electrons. The maximum Gasteiger partial charge on any atom is 0.108 e. The molecule has 2 aliphatic rings. The van der Waals surface area contributed by atoms with E-state index in [9.17, 15) is 15.3 Å². The zero-order valence-corrected chi connectivity index (χ0v) is 12.0. The van der Waals surface area contributed by atoms with E-state index in [1.165, 1.54) is 0 Å². The van der Waals surface area contributed by atoms with Crippen molar-refractivity contribution >= 4 is 5.69 Å². The lowest BCUT2D eigenvalue weighted by Crippen LogP contribution is -2.56. The van der Waals surface area contributed by atoms with E-state index in [1.807, 2.05) is 12.3 Å². The van der Waals surface area contributed by atoms with E-state index >= 15 is 0 Å². The molecule has 4 atom stereocenters. The molecule has 0 radical (unpaired) electrons. The van der Waals surface area contributed by atoms with Crippen molar-refractivity contribution in [1.29, 1.82) is 0 Å². The van der Waals surface area contributed by atoms with E-state index in [-0.39, 0.29) is 0 Å². The van der Waals surface area contributed by atoms with Gasteiger partial charge in [0.1, 0.15) is 6.10 Å². The van der Waals surface area contributed by atoms with Gasteiger partial charge in [-0.3, -0.25) is 9.88 Å². The van der Waals surface area contributed by atoms with Gasteiger partial charge in [0.05, 0.1) is 24.1 Å². The summed E-state index contributed by atoms with van der Waals surface area (Å²) in [7, 11) is 0. The zero-order valence-electron chi connectivity index (χ0n) is 12.0. The van der Waals surface area contributed by atoms with E-state index < -0.39 is 18.3 Å². The predicted octanol–water partition coefficient (Wildman–Crippen LogP) is -0.694. The highest BCUT2D eigenvalue weighted by Gasteiger charge is 2.35. The molecule has 3 heterocycles. The average molecular weight is 293 g/mol. The maximum atomic E-state index is 9.75. The number of pyridine rings is 1. The van der Waals surface area contributed by atoms with Crippen molar-refractivity contribution in [3.8, 4) is 0 Å². The first-order valence-electron chi connectivity index (χ1n) is 7.55. The maximum absolute atomic E-state index is 9.75. The first-order chi connectivity index (χ1) is 10.1. The quantitative estimate of drug-likeness (QED) is 0.684. The summed E-state index contributed by atoms with van der Waals surface area (Å²) >= 11 is 0. The van der Waals surface area contributed by atoms with Crippen LogP contribution in [0.1, 0.15) is 6.42 Å². The third kappa shape index (κ3) is 3.35.